The first-order valence-corrected chi connectivity index (χ1v) is 7.90. The lowest BCUT2D eigenvalue weighted by Gasteiger charge is -2.33. The number of aliphatic hydroxyl groups excluding tert-OH is 1. The topological polar surface area (TPSA) is 20.2 Å². The van der Waals surface area contributed by atoms with Crippen LogP contribution in [0.15, 0.2) is 42.5 Å². The number of hydrogen-bond donors (Lipinski definition) is 1. The maximum Gasteiger partial charge on any atom is 0.0636 e. The lowest BCUT2D eigenvalue weighted by Crippen LogP contribution is -2.33. The second-order valence-electron chi connectivity index (χ2n) is 6.28. The van der Waals surface area contributed by atoms with Crippen molar-refractivity contribution in [1.29, 1.82) is 0 Å². The molecule has 1 atom stereocenters. The third kappa shape index (κ3) is 2.35. The summed E-state index contributed by atoms with van der Waals surface area (Å²) in [7, 11) is 0. The van der Waals surface area contributed by atoms with Gasteiger partial charge in [0.15, 0.2) is 0 Å². The van der Waals surface area contributed by atoms with E-state index in [1.165, 1.54) is 42.0 Å². The fraction of sp³-hybridized carbons (Fsp3) is 0.474. The van der Waals surface area contributed by atoms with Gasteiger partial charge in [0.2, 0.25) is 0 Å². The van der Waals surface area contributed by atoms with Gasteiger partial charge in [-0.1, -0.05) is 62.2 Å². The molecule has 0 radical (unpaired) electrons. The summed E-state index contributed by atoms with van der Waals surface area (Å²) in [5, 5.41) is 13.4. The highest BCUT2D eigenvalue weighted by molar-refractivity contribution is 5.85. The molecule has 1 aliphatic carbocycles. The molecule has 0 spiro atoms. The van der Waals surface area contributed by atoms with Gasteiger partial charge in [-0.2, -0.15) is 0 Å². The van der Waals surface area contributed by atoms with Gasteiger partial charge in [-0.05, 0) is 47.4 Å². The third-order valence-corrected chi connectivity index (χ3v) is 5.30. The van der Waals surface area contributed by atoms with Crippen molar-refractivity contribution in [2.75, 3.05) is 0 Å². The summed E-state index contributed by atoms with van der Waals surface area (Å²) >= 11 is 0. The number of rotatable bonds is 4. The number of fused-ring (bicyclic) bond motifs is 1. The average molecular weight is 268 g/mol. The fourth-order valence-electron chi connectivity index (χ4n) is 3.90. The molecule has 0 amide bonds. The van der Waals surface area contributed by atoms with Crippen LogP contribution in [0.1, 0.15) is 44.6 Å². The maximum atomic E-state index is 10.8. The van der Waals surface area contributed by atoms with E-state index in [1.807, 2.05) is 0 Å². The van der Waals surface area contributed by atoms with Gasteiger partial charge < -0.3 is 5.11 Å². The molecule has 106 valence electrons. The Bertz CT molecular complexity index is 576. The van der Waals surface area contributed by atoms with Crippen LogP contribution in [0, 0.1) is 5.41 Å². The van der Waals surface area contributed by atoms with Crippen LogP contribution in [0.3, 0.4) is 0 Å². The van der Waals surface area contributed by atoms with Crippen LogP contribution in [0.5, 0.6) is 0 Å². The Labute approximate surface area is 121 Å². The van der Waals surface area contributed by atoms with Gasteiger partial charge in [0.25, 0.3) is 0 Å². The second-order valence-corrected chi connectivity index (χ2v) is 6.28. The lowest BCUT2D eigenvalue weighted by atomic mass is 9.75. The minimum atomic E-state index is -0.208. The summed E-state index contributed by atoms with van der Waals surface area (Å²) in [5.41, 5.74) is 1.45. The summed E-state index contributed by atoms with van der Waals surface area (Å²) < 4.78 is 0. The van der Waals surface area contributed by atoms with Gasteiger partial charge in [-0.3, -0.25) is 0 Å². The zero-order chi connectivity index (χ0) is 14.0. The van der Waals surface area contributed by atoms with Gasteiger partial charge in [0.1, 0.15) is 0 Å². The van der Waals surface area contributed by atoms with Crippen molar-refractivity contribution < 1.29 is 5.11 Å². The molecule has 0 bridgehead atoms. The van der Waals surface area contributed by atoms with Crippen molar-refractivity contribution in [3.63, 3.8) is 0 Å². The van der Waals surface area contributed by atoms with Crippen LogP contribution < -0.4 is 0 Å². The van der Waals surface area contributed by atoms with Crippen molar-refractivity contribution in [3.8, 4) is 0 Å². The third-order valence-electron chi connectivity index (χ3n) is 5.30. The molecule has 0 aliphatic heterocycles. The molecule has 1 aliphatic rings. The van der Waals surface area contributed by atoms with Crippen LogP contribution >= 0.6 is 0 Å². The maximum absolute atomic E-state index is 10.8. The van der Waals surface area contributed by atoms with E-state index in [2.05, 4.69) is 49.4 Å². The molecule has 1 heteroatoms. The van der Waals surface area contributed by atoms with E-state index in [4.69, 9.17) is 0 Å². The van der Waals surface area contributed by atoms with Crippen LogP contribution in [0.25, 0.3) is 10.8 Å². The van der Waals surface area contributed by atoms with Crippen molar-refractivity contribution >= 4 is 10.8 Å². The molecule has 1 unspecified atom stereocenters. The van der Waals surface area contributed by atoms with Gasteiger partial charge in [-0.15, -0.1) is 0 Å². The highest BCUT2D eigenvalue weighted by Crippen LogP contribution is 2.45. The first kappa shape index (κ1) is 13.6. The molecule has 1 nitrogen and oxygen atoms in total. The molecule has 0 aromatic heterocycles. The molecule has 2 aromatic rings. The Morgan fingerprint density at radius 3 is 2.50 bits per heavy atom. The smallest absolute Gasteiger partial charge is 0.0636 e. The zero-order valence-corrected chi connectivity index (χ0v) is 12.3. The van der Waals surface area contributed by atoms with Crippen LogP contribution in [0.4, 0.5) is 0 Å². The second kappa shape index (κ2) is 5.57. The van der Waals surface area contributed by atoms with Gasteiger partial charge in [0.05, 0.1) is 6.10 Å². The van der Waals surface area contributed by atoms with Crippen LogP contribution in [-0.4, -0.2) is 11.2 Å². The molecule has 1 saturated carbocycles. The predicted octanol–water partition coefficient (Wildman–Crippen LogP) is 4.71. The molecule has 3 rings (SSSR count). The lowest BCUT2D eigenvalue weighted by molar-refractivity contribution is 0.0260. The normalized spacial score (nSPS) is 19.3. The van der Waals surface area contributed by atoms with Gasteiger partial charge >= 0.3 is 0 Å². The molecular formula is C19H24O. The summed E-state index contributed by atoms with van der Waals surface area (Å²) in [6, 6.07) is 14.9. The molecule has 0 saturated heterocycles. The van der Waals surface area contributed by atoms with Crippen molar-refractivity contribution in [3.05, 3.63) is 48.0 Å². The average Bonchev–Trinajstić information content (AvgIpc) is 2.98. The van der Waals surface area contributed by atoms with E-state index < -0.39 is 0 Å². The molecule has 1 N–H and O–H groups in total. The number of benzene rings is 2. The quantitative estimate of drug-likeness (QED) is 0.851. The molecule has 1 fully saturated rings. The van der Waals surface area contributed by atoms with E-state index in [0.29, 0.717) is 0 Å². The van der Waals surface area contributed by atoms with E-state index in [-0.39, 0.29) is 11.5 Å². The molecule has 2 aromatic carbocycles. The molecular weight excluding hydrogens is 244 g/mol. The molecule has 0 heterocycles. The standard InChI is InChI=1S/C19H24O/c1-2-19(12-5-6-13-19)18(20)14-16-10-7-9-15-8-3-4-11-17(15)16/h3-4,7-11,18,20H,2,5-6,12-14H2,1H3. The van der Waals surface area contributed by atoms with Gasteiger partial charge in [0, 0.05) is 0 Å². The Hall–Kier alpha value is -1.34. The van der Waals surface area contributed by atoms with E-state index in [9.17, 15) is 5.11 Å². The highest BCUT2D eigenvalue weighted by atomic mass is 16.3. The summed E-state index contributed by atoms with van der Waals surface area (Å²) in [5.74, 6) is 0. The minimum absolute atomic E-state index is 0.164. The van der Waals surface area contributed by atoms with Crippen LogP contribution in [0.2, 0.25) is 0 Å². The van der Waals surface area contributed by atoms with Crippen molar-refractivity contribution in [2.45, 2.75) is 51.6 Å². The number of aliphatic hydroxyl groups is 1. The Morgan fingerprint density at radius 1 is 1.05 bits per heavy atom. The fourth-order valence-corrected chi connectivity index (χ4v) is 3.90. The highest BCUT2D eigenvalue weighted by Gasteiger charge is 2.38. The zero-order valence-electron chi connectivity index (χ0n) is 12.3. The van der Waals surface area contributed by atoms with E-state index in [1.54, 1.807) is 0 Å². The Morgan fingerprint density at radius 2 is 1.75 bits per heavy atom. The van der Waals surface area contributed by atoms with Crippen molar-refractivity contribution in [1.82, 2.24) is 0 Å². The van der Waals surface area contributed by atoms with Gasteiger partial charge in [-0.25, -0.2) is 0 Å². The van der Waals surface area contributed by atoms with Crippen molar-refractivity contribution in [2.24, 2.45) is 5.41 Å². The monoisotopic (exact) mass is 268 g/mol. The van der Waals surface area contributed by atoms with E-state index in [0.717, 1.165) is 12.8 Å². The summed E-state index contributed by atoms with van der Waals surface area (Å²) in [6.45, 7) is 2.23. The Balaban J connectivity index is 1.89. The summed E-state index contributed by atoms with van der Waals surface area (Å²) in [4.78, 5) is 0. The van der Waals surface area contributed by atoms with Crippen LogP contribution in [-0.2, 0) is 6.42 Å². The van der Waals surface area contributed by atoms with E-state index >= 15 is 0 Å². The SMILES string of the molecule is CCC1(C(O)Cc2cccc3ccccc23)CCCC1. The molecule has 20 heavy (non-hydrogen) atoms. The largest absolute Gasteiger partial charge is 0.392 e. The summed E-state index contributed by atoms with van der Waals surface area (Å²) in [6.07, 6.45) is 6.61. The first-order valence-electron chi connectivity index (χ1n) is 7.90. The Kier molecular flexibility index (Phi) is 3.80. The first-order chi connectivity index (χ1) is 9.75. The minimum Gasteiger partial charge on any atom is -0.392 e. The number of hydrogen-bond acceptors (Lipinski definition) is 1. The predicted molar refractivity (Wildman–Crippen MR) is 84.9 cm³/mol.